The van der Waals surface area contributed by atoms with Crippen LogP contribution in [0, 0.1) is 11.8 Å². The van der Waals surface area contributed by atoms with Gasteiger partial charge in [0.25, 0.3) is 0 Å². The van der Waals surface area contributed by atoms with Gasteiger partial charge in [0.1, 0.15) is 17.3 Å². The minimum absolute atomic E-state index is 0.0679. The lowest BCUT2D eigenvalue weighted by Gasteiger charge is -2.46. The van der Waals surface area contributed by atoms with E-state index in [-0.39, 0.29) is 12.3 Å². The average Bonchev–Trinajstić information content (AvgIpc) is 3.12. The third-order valence-corrected chi connectivity index (χ3v) is 7.91. The molecule has 0 spiro atoms. The first-order valence-corrected chi connectivity index (χ1v) is 12.3. The molecule has 1 aromatic rings. The molecular formula is C27H40N2O3. The van der Waals surface area contributed by atoms with Gasteiger partial charge in [0.2, 0.25) is 0 Å². The van der Waals surface area contributed by atoms with Crippen molar-refractivity contribution in [3.05, 3.63) is 41.2 Å². The Labute approximate surface area is 193 Å². The number of methoxy groups -OCH3 is 1. The lowest BCUT2D eigenvalue weighted by Crippen LogP contribution is -2.54. The number of aliphatic imine (C=N–C) groups is 1. The monoisotopic (exact) mass is 440 g/mol. The van der Waals surface area contributed by atoms with Crippen LogP contribution in [0.25, 0.3) is 0 Å². The van der Waals surface area contributed by atoms with Crippen molar-refractivity contribution in [2.45, 2.75) is 89.4 Å². The Bertz CT molecular complexity index is 863. The number of aliphatic hydroxyl groups is 2. The van der Waals surface area contributed by atoms with E-state index in [1.807, 2.05) is 31.0 Å². The van der Waals surface area contributed by atoms with Crippen LogP contribution >= 0.6 is 0 Å². The van der Waals surface area contributed by atoms with Crippen molar-refractivity contribution >= 4 is 5.71 Å². The van der Waals surface area contributed by atoms with Gasteiger partial charge in [-0.15, -0.1) is 0 Å². The lowest BCUT2D eigenvalue weighted by molar-refractivity contribution is -0.124. The zero-order valence-corrected chi connectivity index (χ0v) is 20.2. The highest BCUT2D eigenvalue weighted by Gasteiger charge is 2.51. The van der Waals surface area contributed by atoms with E-state index in [4.69, 9.17) is 9.73 Å². The van der Waals surface area contributed by atoms with Crippen molar-refractivity contribution in [2.75, 3.05) is 14.2 Å². The fourth-order valence-electron chi connectivity index (χ4n) is 6.06. The van der Waals surface area contributed by atoms with E-state index >= 15 is 0 Å². The van der Waals surface area contributed by atoms with Crippen LogP contribution in [0.3, 0.4) is 0 Å². The second-order valence-corrected chi connectivity index (χ2v) is 10.6. The molecule has 0 amide bonds. The normalized spacial score (nSPS) is 31.0. The molecule has 0 saturated heterocycles. The average molecular weight is 441 g/mol. The third kappa shape index (κ3) is 4.74. The molecule has 3 atom stereocenters. The maximum Gasteiger partial charge on any atom is 0.139 e. The second kappa shape index (κ2) is 9.18. The molecule has 0 radical (unpaired) electrons. The molecule has 5 nitrogen and oxygen atoms in total. The molecule has 0 aromatic heterocycles. The molecule has 4 rings (SSSR count). The van der Waals surface area contributed by atoms with Gasteiger partial charge in [-0.1, -0.05) is 50.7 Å². The van der Waals surface area contributed by atoms with E-state index in [1.54, 1.807) is 14.0 Å². The van der Waals surface area contributed by atoms with Crippen LogP contribution in [0.15, 0.2) is 40.7 Å². The topological polar surface area (TPSA) is 65.3 Å². The first-order chi connectivity index (χ1) is 15.2. The van der Waals surface area contributed by atoms with Crippen LogP contribution < -0.4 is 4.74 Å². The summed E-state index contributed by atoms with van der Waals surface area (Å²) in [6.45, 7) is 3.60. The highest BCUT2D eigenvalue weighted by Crippen LogP contribution is 2.47. The summed E-state index contributed by atoms with van der Waals surface area (Å²) in [5.41, 5.74) is 1.13. The van der Waals surface area contributed by atoms with Gasteiger partial charge in [0.05, 0.1) is 12.7 Å². The minimum Gasteiger partial charge on any atom is -0.497 e. The molecule has 2 aliphatic heterocycles. The summed E-state index contributed by atoms with van der Waals surface area (Å²) in [5, 5.41) is 22.4. The third-order valence-electron chi connectivity index (χ3n) is 7.91. The number of ether oxygens (including phenoxy) is 1. The first-order valence-electron chi connectivity index (χ1n) is 12.3. The SMILES string of the molecule is COc1ccc(CC2C(CCCC3CCCCC3)=NC3=C2C(C)(O)CC(C)(O)N3C)cc1. The van der Waals surface area contributed by atoms with E-state index in [0.717, 1.165) is 48.0 Å². The Hall–Kier alpha value is -1.85. The molecule has 32 heavy (non-hydrogen) atoms. The number of benzene rings is 1. The van der Waals surface area contributed by atoms with Crippen LogP contribution in [0.1, 0.15) is 77.2 Å². The molecule has 1 aromatic carbocycles. The molecule has 5 heteroatoms. The Balaban J connectivity index is 1.57. The fourth-order valence-corrected chi connectivity index (χ4v) is 6.06. The van der Waals surface area contributed by atoms with Crippen LogP contribution in [-0.2, 0) is 6.42 Å². The van der Waals surface area contributed by atoms with E-state index < -0.39 is 11.3 Å². The Kier molecular flexibility index (Phi) is 6.69. The highest BCUT2D eigenvalue weighted by molar-refractivity contribution is 5.93. The van der Waals surface area contributed by atoms with E-state index in [2.05, 4.69) is 12.1 Å². The quantitative estimate of drug-likeness (QED) is 0.622. The standard InChI is InChI=1S/C27H40N2O3/c1-26(30)18-27(2,31)29(3)25-24(26)22(17-20-13-15-21(32-4)16-14-20)23(28-25)12-8-11-19-9-6-5-7-10-19/h13-16,19,22,30-31H,5-12,17-18H2,1-4H3. The largest absolute Gasteiger partial charge is 0.497 e. The number of hydrogen-bond donors (Lipinski definition) is 2. The Morgan fingerprint density at radius 3 is 2.44 bits per heavy atom. The molecule has 1 aliphatic carbocycles. The number of rotatable bonds is 7. The molecule has 2 heterocycles. The summed E-state index contributed by atoms with van der Waals surface area (Å²) in [7, 11) is 3.57. The second-order valence-electron chi connectivity index (χ2n) is 10.6. The van der Waals surface area contributed by atoms with Gasteiger partial charge in [-0.25, -0.2) is 4.99 Å². The summed E-state index contributed by atoms with van der Waals surface area (Å²) in [5.74, 6) is 2.54. The van der Waals surface area contributed by atoms with Crippen LogP contribution in [0.5, 0.6) is 5.75 Å². The molecule has 2 N–H and O–H groups in total. The van der Waals surface area contributed by atoms with E-state index in [1.165, 1.54) is 44.1 Å². The van der Waals surface area contributed by atoms with Crippen molar-refractivity contribution in [2.24, 2.45) is 16.8 Å². The van der Waals surface area contributed by atoms with Crippen molar-refractivity contribution in [1.82, 2.24) is 4.90 Å². The van der Waals surface area contributed by atoms with Crippen molar-refractivity contribution in [3.63, 3.8) is 0 Å². The molecule has 176 valence electrons. The molecule has 3 aliphatic rings. The smallest absolute Gasteiger partial charge is 0.139 e. The zero-order valence-electron chi connectivity index (χ0n) is 20.2. The number of hydrogen-bond acceptors (Lipinski definition) is 5. The van der Waals surface area contributed by atoms with Crippen LogP contribution in [0.2, 0.25) is 0 Å². The van der Waals surface area contributed by atoms with Gasteiger partial charge in [-0.3, -0.25) is 0 Å². The predicted molar refractivity (Wildman–Crippen MR) is 129 cm³/mol. The molecule has 3 unspecified atom stereocenters. The molecule has 1 fully saturated rings. The van der Waals surface area contributed by atoms with Gasteiger partial charge in [0, 0.05) is 30.7 Å². The minimum atomic E-state index is -1.12. The zero-order chi connectivity index (χ0) is 22.9. The van der Waals surface area contributed by atoms with E-state index in [0.29, 0.717) is 0 Å². The molecule has 0 bridgehead atoms. The molecule has 1 saturated carbocycles. The van der Waals surface area contributed by atoms with Gasteiger partial charge < -0.3 is 19.8 Å². The summed E-state index contributed by atoms with van der Waals surface area (Å²) < 4.78 is 5.32. The first kappa shape index (κ1) is 23.3. The van der Waals surface area contributed by atoms with Gasteiger partial charge in [-0.05, 0) is 56.7 Å². The Morgan fingerprint density at radius 1 is 1.09 bits per heavy atom. The van der Waals surface area contributed by atoms with Gasteiger partial charge >= 0.3 is 0 Å². The Morgan fingerprint density at radius 2 is 1.78 bits per heavy atom. The van der Waals surface area contributed by atoms with Crippen molar-refractivity contribution in [1.29, 1.82) is 0 Å². The van der Waals surface area contributed by atoms with Gasteiger partial charge in [0.15, 0.2) is 0 Å². The fraction of sp³-hybridized carbons (Fsp3) is 0.667. The lowest BCUT2D eigenvalue weighted by atomic mass is 9.74. The maximum atomic E-state index is 11.4. The van der Waals surface area contributed by atoms with Crippen molar-refractivity contribution in [3.8, 4) is 5.75 Å². The van der Waals surface area contributed by atoms with Gasteiger partial charge in [-0.2, -0.15) is 0 Å². The summed E-state index contributed by atoms with van der Waals surface area (Å²) >= 11 is 0. The van der Waals surface area contributed by atoms with Crippen LogP contribution in [-0.4, -0.2) is 46.3 Å². The summed E-state index contributed by atoms with van der Waals surface area (Å²) in [6.07, 6.45) is 11.3. The van der Waals surface area contributed by atoms with Crippen molar-refractivity contribution < 1.29 is 14.9 Å². The number of nitrogens with zero attached hydrogens (tertiary/aromatic N) is 2. The predicted octanol–water partition coefficient (Wildman–Crippen LogP) is 5.07. The van der Waals surface area contributed by atoms with E-state index in [9.17, 15) is 10.2 Å². The maximum absolute atomic E-state index is 11.4. The molecular weight excluding hydrogens is 400 g/mol. The summed E-state index contributed by atoms with van der Waals surface area (Å²) in [4.78, 5) is 6.91. The van der Waals surface area contributed by atoms with Crippen LogP contribution in [0.4, 0.5) is 0 Å². The summed E-state index contributed by atoms with van der Waals surface area (Å²) in [6, 6.07) is 8.20. The highest BCUT2D eigenvalue weighted by atomic mass is 16.5.